The molecule has 160 valence electrons. The van der Waals surface area contributed by atoms with Gasteiger partial charge in [-0.1, -0.05) is 47.9 Å². The Morgan fingerprint density at radius 1 is 0.969 bits per heavy atom. The Morgan fingerprint density at radius 3 is 2.19 bits per heavy atom. The quantitative estimate of drug-likeness (QED) is 0.540. The largest absolute Gasteiger partial charge is 0.416 e. The van der Waals surface area contributed by atoms with Gasteiger partial charge in [-0.2, -0.15) is 18.4 Å². The third-order valence-corrected chi connectivity index (χ3v) is 4.78. The lowest BCUT2D eigenvalue weighted by Crippen LogP contribution is -2.39. The van der Waals surface area contributed by atoms with Crippen LogP contribution in [0.15, 0.2) is 72.8 Å². The number of aliphatic hydroxyl groups is 1. The lowest BCUT2D eigenvalue weighted by atomic mass is 9.92. The van der Waals surface area contributed by atoms with E-state index in [1.165, 1.54) is 30.3 Å². The highest BCUT2D eigenvalue weighted by Crippen LogP contribution is 2.29. The number of nitrogens with zero attached hydrogens (tertiary/aromatic N) is 1. The second-order valence-corrected chi connectivity index (χ2v) is 7.07. The molecule has 0 fully saturated rings. The van der Waals surface area contributed by atoms with E-state index in [4.69, 9.17) is 16.9 Å². The lowest BCUT2D eigenvalue weighted by molar-refractivity contribution is -0.137. The van der Waals surface area contributed by atoms with Gasteiger partial charge in [0.1, 0.15) is 6.07 Å². The molecule has 3 aromatic rings. The predicted octanol–water partition coefficient (Wildman–Crippen LogP) is 5.11. The third-order valence-electron chi connectivity index (χ3n) is 4.47. The Kier molecular flexibility index (Phi) is 6.55. The Hall–Kier alpha value is -3.78. The number of benzene rings is 3. The molecule has 8 heteroatoms. The average molecular weight is 455 g/mol. The molecule has 0 radical (unpaired) electrons. The number of carbonyl (C=O) groups excluding carboxylic acids is 1. The van der Waals surface area contributed by atoms with Gasteiger partial charge in [-0.15, -0.1) is 0 Å². The zero-order valence-electron chi connectivity index (χ0n) is 16.2. The first-order chi connectivity index (χ1) is 15.1. The molecule has 1 atom stereocenters. The monoisotopic (exact) mass is 454 g/mol. The summed E-state index contributed by atoms with van der Waals surface area (Å²) in [5.41, 5.74) is -2.37. The fourth-order valence-electron chi connectivity index (χ4n) is 2.75. The average Bonchev–Trinajstić information content (AvgIpc) is 2.78. The standard InChI is InChI=1S/C24H14ClF3N2O2/c25-21-14-20(11-8-17(21)15-29)30-22(31)23(32,18-4-2-1-3-5-18)13-12-16-6-9-19(10-7-16)24(26,27)28/h1-11,14,32H,(H,30,31). The summed E-state index contributed by atoms with van der Waals surface area (Å²) in [7, 11) is 0. The van der Waals surface area contributed by atoms with Gasteiger partial charge in [-0.25, -0.2) is 0 Å². The normalized spacial score (nSPS) is 12.6. The maximum absolute atomic E-state index is 13.0. The second kappa shape index (κ2) is 9.15. The molecule has 1 unspecified atom stereocenters. The van der Waals surface area contributed by atoms with Crippen molar-refractivity contribution in [3.8, 4) is 17.9 Å². The van der Waals surface area contributed by atoms with Crippen LogP contribution in [0.5, 0.6) is 0 Å². The highest BCUT2D eigenvalue weighted by molar-refractivity contribution is 6.32. The zero-order valence-corrected chi connectivity index (χ0v) is 17.0. The number of hydrogen-bond donors (Lipinski definition) is 2. The number of anilines is 1. The smallest absolute Gasteiger partial charge is 0.366 e. The molecule has 0 spiro atoms. The molecule has 32 heavy (non-hydrogen) atoms. The van der Waals surface area contributed by atoms with E-state index < -0.39 is 23.2 Å². The highest BCUT2D eigenvalue weighted by Gasteiger charge is 2.36. The summed E-state index contributed by atoms with van der Waals surface area (Å²) in [6.07, 6.45) is -4.49. The number of carbonyl (C=O) groups is 1. The minimum Gasteiger partial charge on any atom is -0.366 e. The Labute approximate surface area is 186 Å². The first-order valence-electron chi connectivity index (χ1n) is 9.13. The van der Waals surface area contributed by atoms with E-state index >= 15 is 0 Å². The van der Waals surface area contributed by atoms with Crippen molar-refractivity contribution in [2.45, 2.75) is 11.8 Å². The number of alkyl halides is 3. The van der Waals surface area contributed by atoms with Crippen molar-refractivity contribution in [3.63, 3.8) is 0 Å². The first kappa shape index (κ1) is 22.9. The summed E-state index contributed by atoms with van der Waals surface area (Å²) in [4.78, 5) is 13.0. The van der Waals surface area contributed by atoms with Crippen molar-refractivity contribution in [2.75, 3.05) is 5.32 Å². The van der Waals surface area contributed by atoms with Crippen LogP contribution in [0.1, 0.15) is 22.3 Å². The first-order valence-corrected chi connectivity index (χ1v) is 9.51. The van der Waals surface area contributed by atoms with Crippen molar-refractivity contribution >= 4 is 23.2 Å². The highest BCUT2D eigenvalue weighted by atomic mass is 35.5. The molecule has 0 aromatic heterocycles. The minimum atomic E-state index is -4.49. The van der Waals surface area contributed by atoms with Gasteiger partial charge >= 0.3 is 6.18 Å². The molecule has 0 heterocycles. The molecule has 0 bridgehead atoms. The Morgan fingerprint density at radius 2 is 1.62 bits per heavy atom. The Balaban J connectivity index is 1.96. The van der Waals surface area contributed by atoms with Gasteiger partial charge in [-0.05, 0) is 48.4 Å². The molecular formula is C24H14ClF3N2O2. The van der Waals surface area contributed by atoms with Gasteiger partial charge < -0.3 is 10.4 Å². The summed E-state index contributed by atoms with van der Waals surface area (Å²) in [5, 5.41) is 22.8. The third kappa shape index (κ3) is 5.09. The minimum absolute atomic E-state index is 0.115. The van der Waals surface area contributed by atoms with Crippen LogP contribution in [0, 0.1) is 23.2 Å². The van der Waals surface area contributed by atoms with E-state index in [-0.39, 0.29) is 27.4 Å². The van der Waals surface area contributed by atoms with E-state index in [1.54, 1.807) is 18.2 Å². The van der Waals surface area contributed by atoms with Crippen LogP contribution in [0.25, 0.3) is 0 Å². The molecule has 4 nitrogen and oxygen atoms in total. The van der Waals surface area contributed by atoms with Crippen LogP contribution < -0.4 is 5.32 Å². The van der Waals surface area contributed by atoms with Crippen LogP contribution in [0.2, 0.25) is 5.02 Å². The molecule has 0 aliphatic rings. The van der Waals surface area contributed by atoms with Crippen molar-refractivity contribution in [3.05, 3.63) is 100 Å². The topological polar surface area (TPSA) is 73.1 Å². The van der Waals surface area contributed by atoms with Crippen LogP contribution in [0.3, 0.4) is 0 Å². The number of nitrogens with one attached hydrogen (secondary N) is 1. The number of rotatable bonds is 3. The summed E-state index contributed by atoms with van der Waals surface area (Å²) in [6, 6.07) is 18.0. The van der Waals surface area contributed by atoms with Gasteiger partial charge in [0.2, 0.25) is 5.60 Å². The summed E-state index contributed by atoms with van der Waals surface area (Å²) in [5.74, 6) is 4.13. The van der Waals surface area contributed by atoms with Crippen molar-refractivity contribution in [2.24, 2.45) is 0 Å². The number of amides is 1. The Bertz CT molecular complexity index is 1240. The van der Waals surface area contributed by atoms with Gasteiger partial charge in [-0.3, -0.25) is 4.79 Å². The van der Waals surface area contributed by atoms with Gasteiger partial charge in [0, 0.05) is 16.8 Å². The van der Waals surface area contributed by atoms with Gasteiger partial charge in [0.25, 0.3) is 5.91 Å². The molecule has 3 aromatic carbocycles. The van der Waals surface area contributed by atoms with E-state index in [0.717, 1.165) is 24.3 Å². The van der Waals surface area contributed by atoms with Crippen molar-refractivity contribution in [1.29, 1.82) is 5.26 Å². The molecule has 0 aliphatic carbocycles. The second-order valence-electron chi connectivity index (χ2n) is 6.66. The van der Waals surface area contributed by atoms with Crippen molar-refractivity contribution < 1.29 is 23.1 Å². The summed E-state index contributed by atoms with van der Waals surface area (Å²) >= 11 is 5.99. The number of hydrogen-bond acceptors (Lipinski definition) is 3. The SMILES string of the molecule is N#Cc1ccc(NC(=O)C(O)(C#Cc2ccc(C(F)(F)F)cc2)c2ccccc2)cc1Cl. The van der Waals surface area contributed by atoms with Crippen molar-refractivity contribution in [1.82, 2.24) is 0 Å². The molecule has 3 rings (SSSR count). The molecule has 0 aliphatic heterocycles. The molecule has 1 amide bonds. The van der Waals surface area contributed by atoms with Gasteiger partial charge in [0.05, 0.1) is 16.1 Å². The van der Waals surface area contributed by atoms with E-state index in [2.05, 4.69) is 17.2 Å². The fourth-order valence-corrected chi connectivity index (χ4v) is 2.97. The maximum Gasteiger partial charge on any atom is 0.416 e. The van der Waals surface area contributed by atoms with Crippen LogP contribution in [-0.4, -0.2) is 11.0 Å². The maximum atomic E-state index is 13.0. The number of nitriles is 1. The zero-order chi connectivity index (χ0) is 23.4. The van der Waals surface area contributed by atoms with Crippen LogP contribution in [0.4, 0.5) is 18.9 Å². The summed E-state index contributed by atoms with van der Waals surface area (Å²) < 4.78 is 38.2. The van der Waals surface area contributed by atoms with E-state index in [1.807, 2.05) is 6.07 Å². The molecular weight excluding hydrogens is 441 g/mol. The number of halogens is 4. The van der Waals surface area contributed by atoms with E-state index in [0.29, 0.717) is 0 Å². The molecule has 0 saturated heterocycles. The molecule has 2 N–H and O–H groups in total. The van der Waals surface area contributed by atoms with E-state index in [9.17, 15) is 23.1 Å². The van der Waals surface area contributed by atoms with Crippen LogP contribution in [-0.2, 0) is 16.6 Å². The summed E-state index contributed by atoms with van der Waals surface area (Å²) in [6.45, 7) is 0. The fraction of sp³-hybridized carbons (Fsp3) is 0.0833. The van der Waals surface area contributed by atoms with Crippen LogP contribution >= 0.6 is 11.6 Å². The predicted molar refractivity (Wildman–Crippen MR) is 113 cm³/mol. The lowest BCUT2D eigenvalue weighted by Gasteiger charge is -2.22. The van der Waals surface area contributed by atoms with Gasteiger partial charge in [0.15, 0.2) is 0 Å². The molecule has 0 saturated carbocycles.